The van der Waals surface area contributed by atoms with Crippen LogP contribution in [0.15, 0.2) is 34.9 Å². The fourth-order valence-corrected chi connectivity index (χ4v) is 8.81. The summed E-state index contributed by atoms with van der Waals surface area (Å²) in [6.45, 7) is 0.329. The van der Waals surface area contributed by atoms with Crippen LogP contribution in [-0.2, 0) is 19.9 Å². The largest absolute Gasteiger partial charge is 0.359 e. The maximum Gasteiger partial charge on any atom is 0.218 e. The van der Waals surface area contributed by atoms with Crippen LogP contribution >= 0.6 is 0 Å². The lowest BCUT2D eigenvalue weighted by atomic mass is 10.1. The molecule has 0 unspecified atom stereocenters. The van der Waals surface area contributed by atoms with Crippen molar-refractivity contribution in [2.75, 3.05) is 18.1 Å². The number of sulfonamides is 1. The van der Waals surface area contributed by atoms with Crippen LogP contribution in [0.1, 0.15) is 43.9 Å². The Labute approximate surface area is 169 Å². The van der Waals surface area contributed by atoms with E-state index in [1.54, 1.807) is 18.2 Å². The lowest BCUT2D eigenvalue weighted by molar-refractivity contribution is 0.258. The number of benzene rings is 1. The van der Waals surface area contributed by atoms with E-state index in [1.165, 1.54) is 16.4 Å². The Balaban J connectivity index is 1.65. The van der Waals surface area contributed by atoms with Gasteiger partial charge in [0.1, 0.15) is 11.5 Å². The molecular weight excluding hydrogens is 419 g/mol. The zero-order valence-corrected chi connectivity index (χ0v) is 17.5. The first-order valence-corrected chi connectivity index (χ1v) is 13.0. The van der Waals surface area contributed by atoms with Gasteiger partial charge in [-0.1, -0.05) is 18.0 Å². The fraction of sp³-hybridized carbons (Fsp3) is 0.526. The minimum atomic E-state index is -3.80. The third-order valence-corrected chi connectivity index (χ3v) is 9.95. The number of hydrogen-bond acceptors (Lipinski definition) is 6. The molecule has 0 bridgehead atoms. The van der Waals surface area contributed by atoms with E-state index in [9.17, 15) is 21.2 Å². The van der Waals surface area contributed by atoms with Crippen molar-refractivity contribution in [3.05, 3.63) is 41.9 Å². The van der Waals surface area contributed by atoms with Gasteiger partial charge in [-0.25, -0.2) is 21.2 Å². The van der Waals surface area contributed by atoms with E-state index in [0.717, 1.165) is 12.8 Å². The summed E-state index contributed by atoms with van der Waals surface area (Å²) in [4.78, 5) is 0. The van der Waals surface area contributed by atoms with Crippen molar-refractivity contribution in [3.8, 4) is 11.3 Å². The normalized spacial score (nSPS) is 25.7. The van der Waals surface area contributed by atoms with Gasteiger partial charge in [-0.2, -0.15) is 4.31 Å². The molecule has 29 heavy (non-hydrogen) atoms. The average molecular weight is 443 g/mol. The standard InChI is InChI=1S/C19H23FN2O5S2/c20-15-7-5-14(6-8-15)17-12-19(27-21-17)18-4-2-1-3-10-22(18)29(25,26)16-9-11-28(23,24)13-16/h5-8,12,16,18H,1-4,9-11,13H2/t16-,18+/m1/s1. The quantitative estimate of drug-likeness (QED) is 0.722. The Morgan fingerprint density at radius 2 is 1.86 bits per heavy atom. The first-order valence-electron chi connectivity index (χ1n) is 9.70. The summed E-state index contributed by atoms with van der Waals surface area (Å²) in [5, 5.41) is 3.13. The highest BCUT2D eigenvalue weighted by atomic mass is 32.2. The summed E-state index contributed by atoms with van der Waals surface area (Å²) in [5.74, 6) is -0.344. The SMILES string of the molecule is O=S1(=O)CC[C@@H](S(=O)(=O)N2CCCCC[C@H]2c2cc(-c3ccc(F)cc3)no2)C1. The molecule has 1 aromatic heterocycles. The molecule has 0 N–H and O–H groups in total. The van der Waals surface area contributed by atoms with Crippen molar-refractivity contribution < 1.29 is 25.7 Å². The minimum Gasteiger partial charge on any atom is -0.359 e. The molecule has 2 aromatic rings. The zero-order chi connectivity index (χ0) is 20.6. The fourth-order valence-electron chi connectivity index (χ4n) is 4.06. The molecule has 10 heteroatoms. The predicted octanol–water partition coefficient (Wildman–Crippen LogP) is 2.91. The molecule has 7 nitrogen and oxygen atoms in total. The van der Waals surface area contributed by atoms with Crippen LogP contribution in [0, 0.1) is 5.82 Å². The molecular formula is C19H23FN2O5S2. The molecule has 0 amide bonds. The van der Waals surface area contributed by atoms with E-state index in [-0.39, 0.29) is 23.7 Å². The lowest BCUT2D eigenvalue weighted by Gasteiger charge is -2.29. The molecule has 158 valence electrons. The van der Waals surface area contributed by atoms with Crippen LogP contribution in [0.4, 0.5) is 4.39 Å². The highest BCUT2D eigenvalue weighted by molar-refractivity contribution is 7.95. The molecule has 2 atom stereocenters. The minimum absolute atomic E-state index is 0.0908. The molecule has 0 saturated carbocycles. The summed E-state index contributed by atoms with van der Waals surface area (Å²) in [6.07, 6.45) is 3.16. The molecule has 2 aliphatic heterocycles. The Kier molecular flexibility index (Phi) is 5.52. The van der Waals surface area contributed by atoms with Crippen molar-refractivity contribution in [3.63, 3.8) is 0 Å². The number of halogens is 1. The highest BCUT2D eigenvalue weighted by Crippen LogP contribution is 2.36. The topological polar surface area (TPSA) is 97.5 Å². The molecule has 2 aliphatic rings. The molecule has 0 aliphatic carbocycles. The van der Waals surface area contributed by atoms with Gasteiger partial charge in [-0.05, 0) is 43.5 Å². The number of aromatic nitrogens is 1. The van der Waals surface area contributed by atoms with Gasteiger partial charge in [0.15, 0.2) is 15.6 Å². The second-order valence-corrected chi connectivity index (χ2v) is 12.1. The molecule has 3 heterocycles. The van der Waals surface area contributed by atoms with Crippen LogP contribution in [0.3, 0.4) is 0 Å². The molecule has 2 fully saturated rings. The summed E-state index contributed by atoms with van der Waals surface area (Å²) < 4.78 is 70.3. The van der Waals surface area contributed by atoms with Crippen molar-refractivity contribution >= 4 is 19.9 Å². The van der Waals surface area contributed by atoms with Gasteiger partial charge in [0.2, 0.25) is 10.0 Å². The Morgan fingerprint density at radius 3 is 2.55 bits per heavy atom. The van der Waals surface area contributed by atoms with Crippen molar-refractivity contribution in [2.45, 2.75) is 43.4 Å². The molecule has 1 aromatic carbocycles. The Hall–Kier alpha value is -1.78. The van der Waals surface area contributed by atoms with Crippen molar-refractivity contribution in [1.29, 1.82) is 0 Å². The van der Waals surface area contributed by atoms with E-state index in [2.05, 4.69) is 5.16 Å². The second kappa shape index (κ2) is 7.81. The summed E-state index contributed by atoms with van der Waals surface area (Å²) in [7, 11) is -7.11. The Bertz CT molecular complexity index is 1080. The molecule has 4 rings (SSSR count). The summed E-state index contributed by atoms with van der Waals surface area (Å²) in [5.41, 5.74) is 1.18. The zero-order valence-electron chi connectivity index (χ0n) is 15.8. The van der Waals surface area contributed by atoms with Gasteiger partial charge >= 0.3 is 0 Å². The van der Waals surface area contributed by atoms with Crippen LogP contribution < -0.4 is 0 Å². The third-order valence-electron chi connectivity index (χ3n) is 5.64. The summed E-state index contributed by atoms with van der Waals surface area (Å²) in [6, 6.07) is 6.99. The third kappa shape index (κ3) is 4.24. The van der Waals surface area contributed by atoms with Crippen LogP contribution in [0.25, 0.3) is 11.3 Å². The highest BCUT2D eigenvalue weighted by Gasteiger charge is 2.44. The van der Waals surface area contributed by atoms with E-state index < -0.39 is 31.2 Å². The number of hydrogen-bond donors (Lipinski definition) is 0. The van der Waals surface area contributed by atoms with Gasteiger partial charge in [-0.15, -0.1) is 0 Å². The predicted molar refractivity (Wildman–Crippen MR) is 106 cm³/mol. The maximum atomic E-state index is 13.3. The maximum absolute atomic E-state index is 13.3. The first kappa shape index (κ1) is 20.5. The van der Waals surface area contributed by atoms with Gasteiger partial charge in [-0.3, -0.25) is 0 Å². The monoisotopic (exact) mass is 442 g/mol. The van der Waals surface area contributed by atoms with Crippen LogP contribution in [0.5, 0.6) is 0 Å². The van der Waals surface area contributed by atoms with E-state index in [0.29, 0.717) is 36.4 Å². The average Bonchev–Trinajstić information content (AvgIpc) is 3.22. The Morgan fingerprint density at radius 1 is 1.10 bits per heavy atom. The molecule has 2 saturated heterocycles. The van der Waals surface area contributed by atoms with Crippen molar-refractivity contribution in [1.82, 2.24) is 9.46 Å². The number of nitrogens with zero attached hydrogens (tertiary/aromatic N) is 2. The smallest absolute Gasteiger partial charge is 0.218 e. The second-order valence-electron chi connectivity index (χ2n) is 7.67. The van der Waals surface area contributed by atoms with Gasteiger partial charge in [0.05, 0.1) is 22.8 Å². The van der Waals surface area contributed by atoms with Gasteiger partial charge in [0.25, 0.3) is 0 Å². The van der Waals surface area contributed by atoms with E-state index >= 15 is 0 Å². The van der Waals surface area contributed by atoms with Crippen LogP contribution in [-0.4, -0.2) is 49.6 Å². The molecule has 0 radical (unpaired) electrons. The first-order chi connectivity index (χ1) is 13.8. The van der Waals surface area contributed by atoms with Gasteiger partial charge in [0, 0.05) is 18.2 Å². The lowest BCUT2D eigenvalue weighted by Crippen LogP contribution is -2.41. The summed E-state index contributed by atoms with van der Waals surface area (Å²) >= 11 is 0. The number of sulfone groups is 1. The van der Waals surface area contributed by atoms with E-state index in [4.69, 9.17) is 4.52 Å². The van der Waals surface area contributed by atoms with E-state index in [1.807, 2.05) is 0 Å². The molecule has 0 spiro atoms. The number of rotatable bonds is 4. The van der Waals surface area contributed by atoms with Crippen molar-refractivity contribution in [2.24, 2.45) is 0 Å². The van der Waals surface area contributed by atoms with Gasteiger partial charge < -0.3 is 4.52 Å². The van der Waals surface area contributed by atoms with Crippen LogP contribution in [0.2, 0.25) is 0 Å².